The maximum Gasteiger partial charge on any atom is 0.140 e. The van der Waals surface area contributed by atoms with Gasteiger partial charge in [-0.3, -0.25) is 0 Å². The zero-order valence-electron chi connectivity index (χ0n) is 12.9. The van der Waals surface area contributed by atoms with Crippen LogP contribution in [0.4, 0.5) is 0 Å². The van der Waals surface area contributed by atoms with E-state index in [4.69, 9.17) is 0 Å². The van der Waals surface area contributed by atoms with Crippen molar-refractivity contribution in [1.29, 1.82) is 0 Å². The van der Waals surface area contributed by atoms with Gasteiger partial charge in [-0.1, -0.05) is 97.1 Å². The van der Waals surface area contributed by atoms with Gasteiger partial charge in [-0.05, 0) is 32.6 Å². The van der Waals surface area contributed by atoms with Crippen molar-refractivity contribution in [3.63, 3.8) is 0 Å². The lowest BCUT2D eigenvalue weighted by atomic mass is 10.1. The molecule has 0 N–H and O–H groups in total. The molecule has 0 saturated heterocycles. The fraction of sp³-hybridized carbons (Fsp3) is 0.0909. The minimum Gasteiger partial charge on any atom is -0.0796 e. The minimum absolute atomic E-state index is 0.532. The molecular formula is C22H18Si. The number of benzene rings is 2. The lowest BCUT2D eigenvalue weighted by Gasteiger charge is -2.38. The van der Waals surface area contributed by atoms with Crippen LogP contribution in [0.15, 0.2) is 97.1 Å². The van der Waals surface area contributed by atoms with E-state index in [1.807, 2.05) is 0 Å². The Balaban J connectivity index is 1.90. The van der Waals surface area contributed by atoms with E-state index < -0.39 is 8.07 Å². The molecule has 0 fully saturated rings. The summed E-state index contributed by atoms with van der Waals surface area (Å²) in [4.78, 5) is 0. The molecule has 0 spiro atoms. The molecule has 0 atom stereocenters. The third kappa shape index (κ3) is 1.60. The predicted molar refractivity (Wildman–Crippen MR) is 101 cm³/mol. The summed E-state index contributed by atoms with van der Waals surface area (Å²) in [6.45, 7) is 0. The highest BCUT2D eigenvalue weighted by Gasteiger charge is 2.53. The Hall–Kier alpha value is -2.38. The van der Waals surface area contributed by atoms with Crippen molar-refractivity contribution >= 4 is 18.4 Å². The molecule has 0 unspecified atom stereocenters. The first-order valence-electron chi connectivity index (χ1n) is 8.32. The molecule has 0 nitrogen and oxygen atoms in total. The van der Waals surface area contributed by atoms with E-state index in [1.54, 1.807) is 10.4 Å². The lowest BCUT2D eigenvalue weighted by Crippen LogP contribution is -2.60. The molecule has 2 aromatic carbocycles. The molecule has 3 aliphatic rings. The summed E-state index contributed by atoms with van der Waals surface area (Å²) in [6.07, 6.45) is 18.6. The molecule has 0 bridgehead atoms. The smallest absolute Gasteiger partial charge is 0.0796 e. The van der Waals surface area contributed by atoms with Crippen molar-refractivity contribution in [2.24, 2.45) is 0 Å². The van der Waals surface area contributed by atoms with Gasteiger partial charge in [0.25, 0.3) is 0 Å². The third-order valence-electron chi connectivity index (χ3n) is 5.58. The largest absolute Gasteiger partial charge is 0.140 e. The van der Waals surface area contributed by atoms with Crippen LogP contribution in [0, 0.1) is 0 Å². The van der Waals surface area contributed by atoms with E-state index in [0.29, 0.717) is 11.1 Å². The monoisotopic (exact) mass is 310 g/mol. The zero-order valence-corrected chi connectivity index (χ0v) is 13.9. The van der Waals surface area contributed by atoms with Gasteiger partial charge in [-0.2, -0.15) is 0 Å². The SMILES string of the molecule is C1=CC([Si]2(C3C=CC=C3)c3ccccc3-c3ccccc32)C=C1. The molecule has 0 aromatic heterocycles. The molecule has 0 saturated carbocycles. The highest BCUT2D eigenvalue weighted by Crippen LogP contribution is 2.45. The number of hydrogen-bond acceptors (Lipinski definition) is 0. The normalized spacial score (nSPS) is 20.3. The van der Waals surface area contributed by atoms with Crippen molar-refractivity contribution in [2.45, 2.75) is 11.1 Å². The maximum atomic E-state index is 2.42. The van der Waals surface area contributed by atoms with Crippen molar-refractivity contribution in [1.82, 2.24) is 0 Å². The van der Waals surface area contributed by atoms with E-state index >= 15 is 0 Å². The van der Waals surface area contributed by atoms with Crippen molar-refractivity contribution in [3.8, 4) is 11.1 Å². The second kappa shape index (κ2) is 4.80. The first kappa shape index (κ1) is 13.1. The van der Waals surface area contributed by atoms with Crippen LogP contribution in [0.5, 0.6) is 0 Å². The summed E-state index contributed by atoms with van der Waals surface area (Å²) >= 11 is 0. The Bertz CT molecular complexity index is 798. The van der Waals surface area contributed by atoms with Crippen molar-refractivity contribution in [3.05, 3.63) is 97.1 Å². The minimum atomic E-state index is -1.95. The van der Waals surface area contributed by atoms with E-state index in [1.165, 1.54) is 11.1 Å². The quantitative estimate of drug-likeness (QED) is 0.729. The number of rotatable bonds is 2. The summed E-state index contributed by atoms with van der Waals surface area (Å²) in [6, 6.07) is 18.2. The van der Waals surface area contributed by atoms with E-state index in [9.17, 15) is 0 Å². The van der Waals surface area contributed by atoms with Gasteiger partial charge in [0.15, 0.2) is 0 Å². The molecule has 0 amide bonds. The Morgan fingerprint density at radius 3 is 1.35 bits per heavy atom. The molecule has 23 heavy (non-hydrogen) atoms. The Morgan fingerprint density at radius 1 is 0.522 bits per heavy atom. The number of allylic oxidation sites excluding steroid dienone is 8. The predicted octanol–water partition coefficient (Wildman–Crippen LogP) is 4.22. The zero-order chi connectivity index (χ0) is 15.3. The second-order valence-electron chi connectivity index (χ2n) is 6.55. The molecule has 1 heteroatoms. The average Bonchev–Trinajstić information content (AvgIpc) is 3.34. The highest BCUT2D eigenvalue weighted by molar-refractivity contribution is 7.08. The van der Waals surface area contributed by atoms with Gasteiger partial charge in [-0.15, -0.1) is 0 Å². The van der Waals surface area contributed by atoms with Crippen molar-refractivity contribution < 1.29 is 0 Å². The highest BCUT2D eigenvalue weighted by atomic mass is 28.3. The number of hydrogen-bond donors (Lipinski definition) is 0. The van der Waals surface area contributed by atoms with Gasteiger partial charge < -0.3 is 0 Å². The van der Waals surface area contributed by atoms with Crippen LogP contribution in [0.25, 0.3) is 11.1 Å². The first-order valence-corrected chi connectivity index (χ1v) is 10.5. The maximum absolute atomic E-state index is 2.42. The standard InChI is InChI=1S/C22H18Si/c1-2-10-17(9-1)23(18-11-3-4-12-18)21-15-7-5-13-19(21)20-14-6-8-16-22(20)23/h1-18H. The fourth-order valence-corrected chi connectivity index (χ4v) is 10.6. The van der Waals surface area contributed by atoms with Gasteiger partial charge in [0.2, 0.25) is 0 Å². The van der Waals surface area contributed by atoms with Crippen LogP contribution >= 0.6 is 0 Å². The topological polar surface area (TPSA) is 0 Å². The Kier molecular flexibility index (Phi) is 2.74. The van der Waals surface area contributed by atoms with E-state index in [0.717, 1.165) is 0 Å². The van der Waals surface area contributed by atoms with Gasteiger partial charge in [-0.25, -0.2) is 0 Å². The van der Waals surface area contributed by atoms with Gasteiger partial charge >= 0.3 is 0 Å². The molecule has 1 heterocycles. The fourth-order valence-electron chi connectivity index (χ4n) is 4.71. The van der Waals surface area contributed by atoms with Gasteiger partial charge in [0.05, 0.1) is 0 Å². The van der Waals surface area contributed by atoms with Crippen LogP contribution in [-0.2, 0) is 0 Å². The summed E-state index contributed by atoms with van der Waals surface area (Å²) in [5.41, 5.74) is 3.98. The van der Waals surface area contributed by atoms with Crippen LogP contribution in [0.2, 0.25) is 11.1 Å². The second-order valence-corrected chi connectivity index (χ2v) is 10.7. The molecule has 2 aliphatic carbocycles. The number of fused-ring (bicyclic) bond motifs is 3. The van der Waals surface area contributed by atoms with E-state index in [-0.39, 0.29) is 0 Å². The lowest BCUT2D eigenvalue weighted by molar-refractivity contribution is 1.21. The van der Waals surface area contributed by atoms with Crippen molar-refractivity contribution in [2.75, 3.05) is 0 Å². The van der Waals surface area contributed by atoms with Crippen LogP contribution in [-0.4, -0.2) is 8.07 Å². The molecule has 5 rings (SSSR count). The van der Waals surface area contributed by atoms with Crippen LogP contribution in [0.1, 0.15) is 0 Å². The Morgan fingerprint density at radius 2 is 0.913 bits per heavy atom. The van der Waals surface area contributed by atoms with E-state index in [2.05, 4.69) is 97.1 Å². The first-order chi connectivity index (χ1) is 11.4. The summed E-state index contributed by atoms with van der Waals surface area (Å²) in [7, 11) is -1.95. The van der Waals surface area contributed by atoms with Crippen LogP contribution < -0.4 is 10.4 Å². The average molecular weight is 310 g/mol. The summed E-state index contributed by atoms with van der Waals surface area (Å²) in [5.74, 6) is 0. The molecule has 1 aliphatic heterocycles. The third-order valence-corrected chi connectivity index (χ3v) is 11.1. The molecular weight excluding hydrogens is 292 g/mol. The van der Waals surface area contributed by atoms with Crippen LogP contribution in [0.3, 0.4) is 0 Å². The molecule has 0 radical (unpaired) electrons. The summed E-state index contributed by atoms with van der Waals surface area (Å²) in [5, 5.41) is 3.20. The molecule has 110 valence electrons. The Labute approximate surface area is 138 Å². The molecule has 2 aromatic rings. The van der Waals surface area contributed by atoms with Gasteiger partial charge in [0, 0.05) is 0 Å². The summed E-state index contributed by atoms with van der Waals surface area (Å²) < 4.78 is 0. The van der Waals surface area contributed by atoms with Gasteiger partial charge in [0.1, 0.15) is 8.07 Å².